The normalized spacial score (nSPS) is 30.9. The molecular formula is C16H31N3O2. The summed E-state index contributed by atoms with van der Waals surface area (Å²) in [5.74, 6) is 0.144. The van der Waals surface area contributed by atoms with Crippen LogP contribution in [0.3, 0.4) is 0 Å². The summed E-state index contributed by atoms with van der Waals surface area (Å²) in [5.41, 5.74) is 0. The number of carbonyl (C=O) groups is 1. The minimum atomic E-state index is -0.0280. The van der Waals surface area contributed by atoms with Crippen LogP contribution in [0.4, 0.5) is 0 Å². The van der Waals surface area contributed by atoms with Gasteiger partial charge in [0.05, 0.1) is 12.6 Å². The zero-order valence-electron chi connectivity index (χ0n) is 13.7. The Morgan fingerprint density at radius 2 is 2.00 bits per heavy atom. The van der Waals surface area contributed by atoms with E-state index in [0.29, 0.717) is 31.3 Å². The molecule has 0 aromatic carbocycles. The fourth-order valence-corrected chi connectivity index (χ4v) is 4.06. The van der Waals surface area contributed by atoms with Crippen LogP contribution in [-0.2, 0) is 9.53 Å². The predicted octanol–water partition coefficient (Wildman–Crippen LogP) is 1.13. The molecule has 2 aliphatic heterocycles. The summed E-state index contributed by atoms with van der Waals surface area (Å²) < 4.78 is 5.00. The summed E-state index contributed by atoms with van der Waals surface area (Å²) in [6.45, 7) is 6.45. The van der Waals surface area contributed by atoms with E-state index >= 15 is 0 Å². The Morgan fingerprint density at radius 1 is 1.33 bits per heavy atom. The summed E-state index contributed by atoms with van der Waals surface area (Å²) in [6.07, 6.45) is 6.13. The first kappa shape index (κ1) is 16.7. The van der Waals surface area contributed by atoms with E-state index in [9.17, 15) is 4.79 Å². The fourth-order valence-electron chi connectivity index (χ4n) is 4.06. The molecule has 1 amide bonds. The van der Waals surface area contributed by atoms with Crippen LogP contribution >= 0.6 is 0 Å². The van der Waals surface area contributed by atoms with E-state index in [0.717, 1.165) is 6.54 Å². The molecule has 2 bridgehead atoms. The van der Waals surface area contributed by atoms with Crippen molar-refractivity contribution in [2.75, 3.05) is 26.8 Å². The molecule has 0 aliphatic carbocycles. The van der Waals surface area contributed by atoms with Crippen molar-refractivity contribution in [3.05, 3.63) is 0 Å². The van der Waals surface area contributed by atoms with Gasteiger partial charge in [-0.15, -0.1) is 0 Å². The standard InChI is InChI=1S/C16H31N3O2/c1-4-17-13-10-14-6-5-7-15(11-13)19(14)12(2)16(20)18-8-9-21-3/h12-15,17H,4-11H2,1-3H3,(H,18,20). The second kappa shape index (κ2) is 8.11. The van der Waals surface area contributed by atoms with Gasteiger partial charge in [-0.1, -0.05) is 13.3 Å². The maximum atomic E-state index is 12.3. The molecule has 21 heavy (non-hydrogen) atoms. The molecule has 0 aromatic rings. The van der Waals surface area contributed by atoms with Crippen LogP contribution in [0.25, 0.3) is 0 Å². The van der Waals surface area contributed by atoms with Gasteiger partial charge in [-0.25, -0.2) is 0 Å². The molecule has 2 aliphatic rings. The molecule has 3 atom stereocenters. The van der Waals surface area contributed by atoms with Crippen LogP contribution in [0.1, 0.15) is 46.0 Å². The number of hydrogen-bond donors (Lipinski definition) is 2. The minimum absolute atomic E-state index is 0.0280. The SMILES string of the molecule is CCNC1CC2CCCC(C1)N2C(C)C(=O)NCCOC. The maximum absolute atomic E-state index is 12.3. The first-order valence-corrected chi connectivity index (χ1v) is 8.44. The van der Waals surface area contributed by atoms with Gasteiger partial charge in [-0.3, -0.25) is 9.69 Å². The molecule has 2 heterocycles. The number of carbonyl (C=O) groups excluding carboxylic acids is 1. The largest absolute Gasteiger partial charge is 0.383 e. The minimum Gasteiger partial charge on any atom is -0.383 e. The number of fused-ring (bicyclic) bond motifs is 2. The third-order valence-electron chi connectivity index (χ3n) is 4.96. The van der Waals surface area contributed by atoms with Gasteiger partial charge >= 0.3 is 0 Å². The van der Waals surface area contributed by atoms with Crippen LogP contribution in [-0.4, -0.2) is 61.8 Å². The Morgan fingerprint density at radius 3 is 2.57 bits per heavy atom. The Bertz CT molecular complexity index is 323. The van der Waals surface area contributed by atoms with Gasteiger partial charge in [0.25, 0.3) is 0 Å². The molecule has 2 N–H and O–H groups in total. The Kier molecular flexibility index (Phi) is 6.45. The maximum Gasteiger partial charge on any atom is 0.237 e. The first-order chi connectivity index (χ1) is 10.2. The number of rotatable bonds is 7. The molecule has 0 saturated carbocycles. The molecule has 5 nitrogen and oxygen atoms in total. The lowest BCUT2D eigenvalue weighted by atomic mass is 9.80. The second-order valence-corrected chi connectivity index (χ2v) is 6.37. The number of nitrogens with zero attached hydrogens (tertiary/aromatic N) is 1. The second-order valence-electron chi connectivity index (χ2n) is 6.37. The van der Waals surface area contributed by atoms with Crippen LogP contribution in [0.15, 0.2) is 0 Å². The van der Waals surface area contributed by atoms with Crippen molar-refractivity contribution in [3.8, 4) is 0 Å². The topological polar surface area (TPSA) is 53.6 Å². The quantitative estimate of drug-likeness (QED) is 0.692. The van der Waals surface area contributed by atoms with E-state index in [-0.39, 0.29) is 11.9 Å². The van der Waals surface area contributed by atoms with E-state index in [1.807, 2.05) is 0 Å². The lowest BCUT2D eigenvalue weighted by Gasteiger charge is -2.51. The third kappa shape index (κ3) is 4.18. The molecule has 0 spiro atoms. The Balaban J connectivity index is 1.94. The van der Waals surface area contributed by atoms with Gasteiger partial charge in [-0.05, 0) is 39.2 Å². The molecule has 122 valence electrons. The molecule has 2 saturated heterocycles. The fraction of sp³-hybridized carbons (Fsp3) is 0.938. The van der Waals surface area contributed by atoms with Crippen LogP contribution < -0.4 is 10.6 Å². The van der Waals surface area contributed by atoms with E-state index in [2.05, 4.69) is 29.4 Å². The van der Waals surface area contributed by atoms with Gasteiger partial charge in [-0.2, -0.15) is 0 Å². The summed E-state index contributed by atoms with van der Waals surface area (Å²) in [6, 6.07) is 1.72. The van der Waals surface area contributed by atoms with E-state index < -0.39 is 0 Å². The van der Waals surface area contributed by atoms with Crippen molar-refractivity contribution in [1.82, 2.24) is 15.5 Å². The molecule has 2 fully saturated rings. The van der Waals surface area contributed by atoms with Crippen molar-refractivity contribution in [1.29, 1.82) is 0 Å². The van der Waals surface area contributed by atoms with Gasteiger partial charge < -0.3 is 15.4 Å². The van der Waals surface area contributed by atoms with E-state index in [4.69, 9.17) is 4.74 Å². The van der Waals surface area contributed by atoms with Crippen LogP contribution in [0.2, 0.25) is 0 Å². The average Bonchev–Trinajstić information content (AvgIpc) is 2.46. The molecule has 3 unspecified atom stereocenters. The molecule has 0 aromatic heterocycles. The highest BCUT2D eigenvalue weighted by atomic mass is 16.5. The molecule has 5 heteroatoms. The highest BCUT2D eigenvalue weighted by molar-refractivity contribution is 5.81. The zero-order valence-corrected chi connectivity index (χ0v) is 13.7. The highest BCUT2D eigenvalue weighted by Crippen LogP contribution is 2.35. The third-order valence-corrected chi connectivity index (χ3v) is 4.96. The van der Waals surface area contributed by atoms with E-state index in [1.165, 1.54) is 32.1 Å². The lowest BCUT2D eigenvalue weighted by molar-refractivity contribution is -0.130. The van der Waals surface area contributed by atoms with Gasteiger partial charge in [0, 0.05) is 31.8 Å². The molecule has 0 radical (unpaired) electrons. The zero-order chi connectivity index (χ0) is 15.2. The van der Waals surface area contributed by atoms with Crippen molar-refractivity contribution in [3.63, 3.8) is 0 Å². The lowest BCUT2D eigenvalue weighted by Crippen LogP contribution is -2.61. The van der Waals surface area contributed by atoms with E-state index in [1.54, 1.807) is 7.11 Å². The smallest absolute Gasteiger partial charge is 0.237 e. The number of methoxy groups -OCH3 is 1. The van der Waals surface area contributed by atoms with Crippen molar-refractivity contribution < 1.29 is 9.53 Å². The van der Waals surface area contributed by atoms with Crippen molar-refractivity contribution >= 4 is 5.91 Å². The summed E-state index contributed by atoms with van der Waals surface area (Å²) in [4.78, 5) is 14.8. The number of amides is 1. The number of piperidine rings is 2. The summed E-state index contributed by atoms with van der Waals surface area (Å²) >= 11 is 0. The Hall–Kier alpha value is -0.650. The monoisotopic (exact) mass is 297 g/mol. The van der Waals surface area contributed by atoms with Crippen LogP contribution in [0.5, 0.6) is 0 Å². The highest BCUT2D eigenvalue weighted by Gasteiger charge is 2.41. The van der Waals surface area contributed by atoms with Crippen molar-refractivity contribution in [2.45, 2.75) is 70.1 Å². The molecule has 2 rings (SSSR count). The first-order valence-electron chi connectivity index (χ1n) is 8.44. The average molecular weight is 297 g/mol. The van der Waals surface area contributed by atoms with Crippen molar-refractivity contribution in [2.24, 2.45) is 0 Å². The summed E-state index contributed by atoms with van der Waals surface area (Å²) in [5, 5.41) is 6.58. The van der Waals surface area contributed by atoms with Gasteiger partial charge in [0.1, 0.15) is 0 Å². The number of ether oxygens (including phenoxy) is 1. The number of nitrogens with one attached hydrogen (secondary N) is 2. The Labute approximate surface area is 128 Å². The number of hydrogen-bond acceptors (Lipinski definition) is 4. The van der Waals surface area contributed by atoms with Crippen LogP contribution in [0, 0.1) is 0 Å². The van der Waals surface area contributed by atoms with Gasteiger partial charge in [0.2, 0.25) is 5.91 Å². The predicted molar refractivity (Wildman–Crippen MR) is 84.3 cm³/mol. The van der Waals surface area contributed by atoms with Gasteiger partial charge in [0.15, 0.2) is 0 Å². The summed E-state index contributed by atoms with van der Waals surface area (Å²) in [7, 11) is 1.66. The molecular weight excluding hydrogens is 266 g/mol.